The van der Waals surface area contributed by atoms with Crippen LogP contribution in [0.15, 0.2) is 48.5 Å². The zero-order valence-electron chi connectivity index (χ0n) is 16.0. The second kappa shape index (κ2) is 6.15. The number of rotatable bonds is 2. The maximum Gasteiger partial charge on any atom is 0.139 e. The summed E-state index contributed by atoms with van der Waals surface area (Å²) in [5.41, 5.74) is 3.77. The van der Waals surface area contributed by atoms with Gasteiger partial charge in [0.25, 0.3) is 0 Å². The van der Waals surface area contributed by atoms with E-state index >= 15 is 0 Å². The summed E-state index contributed by atoms with van der Waals surface area (Å²) in [5.74, 6) is 1.37. The lowest BCUT2D eigenvalue weighted by Gasteiger charge is -2.51. The molecule has 1 heterocycles. The van der Waals surface area contributed by atoms with Crippen LogP contribution in [-0.4, -0.2) is 26.0 Å². The third-order valence-electron chi connectivity index (χ3n) is 6.18. The van der Waals surface area contributed by atoms with Gasteiger partial charge in [-0.3, -0.25) is 4.79 Å². The van der Waals surface area contributed by atoms with Crippen LogP contribution in [0.5, 0.6) is 5.75 Å². The topological polar surface area (TPSA) is 29.5 Å². The largest absolute Gasteiger partial charge is 0.497 e. The molecule has 0 bridgehead atoms. The summed E-state index contributed by atoms with van der Waals surface area (Å²) in [6.45, 7) is 4.44. The molecule has 1 aliphatic carbocycles. The lowest BCUT2D eigenvalue weighted by Crippen LogP contribution is -2.54. The van der Waals surface area contributed by atoms with Crippen LogP contribution in [0.3, 0.4) is 0 Å². The number of nitrogens with zero attached hydrogens (tertiary/aromatic N) is 1. The molecule has 0 saturated heterocycles. The second-order valence-electron chi connectivity index (χ2n) is 8.53. The molecule has 1 aliphatic heterocycles. The maximum atomic E-state index is 13.3. The molecule has 26 heavy (non-hydrogen) atoms. The predicted octanol–water partition coefficient (Wildman–Crippen LogP) is 4.65. The molecule has 1 saturated carbocycles. The van der Waals surface area contributed by atoms with E-state index in [0.717, 1.165) is 12.2 Å². The number of carbonyl (C=O) groups excluding carboxylic acids is 1. The van der Waals surface area contributed by atoms with Gasteiger partial charge in [-0.1, -0.05) is 44.2 Å². The van der Waals surface area contributed by atoms with Crippen molar-refractivity contribution in [1.29, 1.82) is 0 Å². The summed E-state index contributed by atoms with van der Waals surface area (Å²) in [5, 5.41) is 0. The number of carbonyl (C=O) groups is 1. The smallest absolute Gasteiger partial charge is 0.139 e. The fourth-order valence-corrected chi connectivity index (χ4v) is 5.00. The molecule has 2 aromatic carbocycles. The van der Waals surface area contributed by atoms with Crippen LogP contribution < -0.4 is 9.64 Å². The van der Waals surface area contributed by atoms with Crippen LogP contribution >= 0.6 is 0 Å². The average molecular weight is 349 g/mol. The highest BCUT2D eigenvalue weighted by molar-refractivity contribution is 5.87. The fraction of sp³-hybridized carbons (Fsp3) is 0.435. The minimum Gasteiger partial charge on any atom is -0.497 e. The van der Waals surface area contributed by atoms with E-state index in [9.17, 15) is 4.79 Å². The summed E-state index contributed by atoms with van der Waals surface area (Å²) in [4.78, 5) is 15.6. The Kier molecular flexibility index (Phi) is 4.06. The van der Waals surface area contributed by atoms with Gasteiger partial charge in [-0.05, 0) is 41.2 Å². The summed E-state index contributed by atoms with van der Waals surface area (Å²) >= 11 is 0. The van der Waals surface area contributed by atoms with Crippen molar-refractivity contribution >= 4 is 11.5 Å². The van der Waals surface area contributed by atoms with E-state index in [0.29, 0.717) is 12.2 Å². The normalized spacial score (nSPS) is 26.8. The molecule has 0 N–H and O–H groups in total. The molecule has 136 valence electrons. The van der Waals surface area contributed by atoms with E-state index in [1.54, 1.807) is 7.11 Å². The Morgan fingerprint density at radius 2 is 1.77 bits per heavy atom. The minimum absolute atomic E-state index is 0.0105. The number of hydrogen-bond acceptors (Lipinski definition) is 3. The molecular formula is C23H27NO2. The Hall–Kier alpha value is -2.29. The molecule has 3 nitrogen and oxygen atoms in total. The zero-order chi connectivity index (χ0) is 18.5. The number of fused-ring (bicyclic) bond motifs is 2. The van der Waals surface area contributed by atoms with Crippen LogP contribution in [0.1, 0.15) is 43.7 Å². The Labute approximate surface area is 156 Å². The highest BCUT2D eigenvalue weighted by atomic mass is 16.5. The number of anilines is 1. The third-order valence-corrected chi connectivity index (χ3v) is 6.18. The Morgan fingerprint density at radius 3 is 2.46 bits per heavy atom. The van der Waals surface area contributed by atoms with E-state index in [2.05, 4.69) is 62.2 Å². The number of hydrogen-bond donors (Lipinski definition) is 0. The average Bonchev–Trinajstić information content (AvgIpc) is 2.62. The minimum atomic E-state index is 0.0105. The first-order chi connectivity index (χ1) is 12.4. The molecule has 0 amide bonds. The predicted molar refractivity (Wildman–Crippen MR) is 105 cm³/mol. The summed E-state index contributed by atoms with van der Waals surface area (Å²) in [7, 11) is 3.83. The fourth-order valence-electron chi connectivity index (χ4n) is 5.00. The Morgan fingerprint density at radius 1 is 1.08 bits per heavy atom. The van der Waals surface area contributed by atoms with Gasteiger partial charge in [0.15, 0.2) is 0 Å². The van der Waals surface area contributed by atoms with E-state index in [4.69, 9.17) is 4.74 Å². The van der Waals surface area contributed by atoms with Gasteiger partial charge in [0.1, 0.15) is 11.5 Å². The number of methoxy groups -OCH3 is 1. The van der Waals surface area contributed by atoms with Gasteiger partial charge in [-0.25, -0.2) is 0 Å². The molecule has 3 unspecified atom stereocenters. The van der Waals surface area contributed by atoms with Gasteiger partial charge < -0.3 is 9.64 Å². The van der Waals surface area contributed by atoms with E-state index in [1.165, 1.54) is 16.8 Å². The van der Waals surface area contributed by atoms with E-state index in [-0.39, 0.29) is 23.3 Å². The Bertz CT molecular complexity index is 824. The van der Waals surface area contributed by atoms with Crippen molar-refractivity contribution in [2.24, 2.45) is 11.3 Å². The highest BCUT2D eigenvalue weighted by Crippen LogP contribution is 2.51. The SMILES string of the molecule is COc1ccc(C2c3ccccc3N(C)C3CC(C)(C)CC(=O)C23)cc1. The van der Waals surface area contributed by atoms with Crippen LogP contribution in [0.4, 0.5) is 5.69 Å². The molecule has 0 spiro atoms. The lowest BCUT2D eigenvalue weighted by atomic mass is 9.61. The number of Topliss-reactive ketones (excluding diaryl/α,β-unsaturated/α-hetero) is 1. The van der Waals surface area contributed by atoms with Gasteiger partial charge in [-0.15, -0.1) is 0 Å². The first-order valence-corrected chi connectivity index (χ1v) is 9.40. The summed E-state index contributed by atoms with van der Waals surface area (Å²) < 4.78 is 5.32. The number of benzene rings is 2. The summed E-state index contributed by atoms with van der Waals surface area (Å²) in [6.07, 6.45) is 1.71. The molecular weight excluding hydrogens is 322 g/mol. The molecule has 3 atom stereocenters. The lowest BCUT2D eigenvalue weighted by molar-refractivity contribution is -0.129. The van der Waals surface area contributed by atoms with Crippen molar-refractivity contribution in [3.05, 3.63) is 59.7 Å². The molecule has 3 heteroatoms. The van der Waals surface area contributed by atoms with Crippen molar-refractivity contribution in [2.75, 3.05) is 19.1 Å². The van der Waals surface area contributed by atoms with Crippen LogP contribution in [0.2, 0.25) is 0 Å². The number of para-hydroxylation sites is 1. The number of ketones is 1. The van der Waals surface area contributed by atoms with Gasteiger partial charge in [0.2, 0.25) is 0 Å². The van der Waals surface area contributed by atoms with Crippen LogP contribution in [-0.2, 0) is 4.79 Å². The first-order valence-electron chi connectivity index (χ1n) is 9.40. The quantitative estimate of drug-likeness (QED) is 0.790. The highest BCUT2D eigenvalue weighted by Gasteiger charge is 2.49. The third kappa shape index (κ3) is 2.70. The zero-order valence-corrected chi connectivity index (χ0v) is 16.0. The maximum absolute atomic E-state index is 13.3. The monoisotopic (exact) mass is 349 g/mol. The standard InChI is InChI=1S/C23H27NO2/c1-23(2)13-19-22(20(25)14-23)21(15-9-11-16(26-4)12-10-15)17-7-5-6-8-18(17)24(19)3/h5-12,19,21-22H,13-14H2,1-4H3. The van der Waals surface area contributed by atoms with E-state index < -0.39 is 0 Å². The molecule has 2 aromatic rings. The Balaban J connectivity index is 1.86. The molecule has 0 aromatic heterocycles. The number of ether oxygens (including phenoxy) is 1. The van der Waals surface area contributed by atoms with Gasteiger partial charge in [0, 0.05) is 37.0 Å². The van der Waals surface area contributed by atoms with Crippen molar-refractivity contribution in [3.8, 4) is 5.75 Å². The van der Waals surface area contributed by atoms with Crippen LogP contribution in [0.25, 0.3) is 0 Å². The molecule has 4 rings (SSSR count). The second-order valence-corrected chi connectivity index (χ2v) is 8.53. The van der Waals surface area contributed by atoms with Gasteiger partial charge >= 0.3 is 0 Å². The van der Waals surface area contributed by atoms with Crippen molar-refractivity contribution in [2.45, 2.75) is 38.6 Å². The van der Waals surface area contributed by atoms with Crippen LogP contribution in [0, 0.1) is 11.3 Å². The first kappa shape index (κ1) is 17.1. The molecule has 2 aliphatic rings. The van der Waals surface area contributed by atoms with Crippen molar-refractivity contribution in [1.82, 2.24) is 0 Å². The molecule has 0 radical (unpaired) electrons. The molecule has 1 fully saturated rings. The summed E-state index contributed by atoms with van der Waals surface area (Å²) in [6, 6.07) is 17.0. The van der Waals surface area contributed by atoms with Gasteiger partial charge in [-0.2, -0.15) is 0 Å². The van der Waals surface area contributed by atoms with E-state index in [1.807, 2.05) is 12.1 Å². The van der Waals surface area contributed by atoms with Crippen molar-refractivity contribution in [3.63, 3.8) is 0 Å². The van der Waals surface area contributed by atoms with Gasteiger partial charge in [0.05, 0.1) is 7.11 Å². The van der Waals surface area contributed by atoms with Crippen molar-refractivity contribution < 1.29 is 9.53 Å².